The summed E-state index contributed by atoms with van der Waals surface area (Å²) >= 11 is 2.07. The summed E-state index contributed by atoms with van der Waals surface area (Å²) in [6, 6.07) is 7.55. The van der Waals surface area contributed by atoms with E-state index in [0.717, 1.165) is 54.6 Å². The lowest BCUT2D eigenvalue weighted by Gasteiger charge is -2.43. The van der Waals surface area contributed by atoms with Gasteiger partial charge in [-0.15, -0.1) is 0 Å². The highest BCUT2D eigenvalue weighted by atomic mass is 32.2. The molecule has 0 amide bonds. The first kappa shape index (κ1) is 27.9. The van der Waals surface area contributed by atoms with Crippen LogP contribution in [0.1, 0.15) is 12.1 Å². The third kappa shape index (κ3) is 7.48. The molecule has 2 aliphatic rings. The molecule has 1 saturated heterocycles. The average molecular weight is 546 g/mol. The van der Waals surface area contributed by atoms with E-state index in [1.807, 2.05) is 16.8 Å². The summed E-state index contributed by atoms with van der Waals surface area (Å²) in [7, 11) is -0.0434. The van der Waals surface area contributed by atoms with Crippen LogP contribution in [0.3, 0.4) is 0 Å². The van der Waals surface area contributed by atoms with E-state index in [4.69, 9.17) is 14.5 Å². The van der Waals surface area contributed by atoms with Gasteiger partial charge in [-0.25, -0.2) is 4.98 Å². The zero-order chi connectivity index (χ0) is 25.9. The van der Waals surface area contributed by atoms with Crippen molar-refractivity contribution in [3.8, 4) is 0 Å². The topological polar surface area (TPSA) is 55.1 Å². The van der Waals surface area contributed by atoms with E-state index in [1.165, 1.54) is 11.3 Å². The lowest BCUT2D eigenvalue weighted by atomic mass is 9.91. The zero-order valence-corrected chi connectivity index (χ0v) is 26.1. The number of ether oxygens (including phenoxy) is 2. The van der Waals surface area contributed by atoms with Crippen molar-refractivity contribution in [3.63, 3.8) is 0 Å². The predicted octanol–water partition coefficient (Wildman–Crippen LogP) is 4.28. The summed E-state index contributed by atoms with van der Waals surface area (Å²) in [5, 5.41) is 4.61. The number of hydrogen-bond acceptors (Lipinski definition) is 7. The van der Waals surface area contributed by atoms with Crippen molar-refractivity contribution in [1.82, 2.24) is 19.4 Å². The molecule has 11 heteroatoms. The van der Waals surface area contributed by atoms with E-state index < -0.39 is 16.1 Å². The molecule has 0 aromatic carbocycles. The Kier molecular flexibility index (Phi) is 9.10. The van der Waals surface area contributed by atoms with Gasteiger partial charge in [0.25, 0.3) is 0 Å². The van der Waals surface area contributed by atoms with Crippen molar-refractivity contribution >= 4 is 52.9 Å². The fourth-order valence-corrected chi connectivity index (χ4v) is 7.35. The van der Waals surface area contributed by atoms with Crippen LogP contribution in [0.15, 0.2) is 24.4 Å². The van der Waals surface area contributed by atoms with E-state index in [1.54, 1.807) is 0 Å². The van der Waals surface area contributed by atoms with E-state index in [2.05, 4.69) is 86.0 Å². The van der Waals surface area contributed by atoms with E-state index in [9.17, 15) is 0 Å². The van der Waals surface area contributed by atoms with Crippen LogP contribution in [0, 0.1) is 0 Å². The zero-order valence-electron chi connectivity index (χ0n) is 23.3. The van der Waals surface area contributed by atoms with E-state index in [-0.39, 0.29) is 0 Å². The highest BCUT2D eigenvalue weighted by molar-refractivity contribution is 7.99. The van der Waals surface area contributed by atoms with Gasteiger partial charge in [0.15, 0.2) is 13.6 Å². The Balaban J connectivity index is 1.58. The van der Waals surface area contributed by atoms with Crippen LogP contribution < -0.4 is 4.90 Å². The Morgan fingerprint density at radius 3 is 2.33 bits per heavy atom. The van der Waals surface area contributed by atoms with Crippen LogP contribution in [0.4, 0.5) is 5.82 Å². The molecule has 4 heterocycles. The Bertz CT molecular complexity index is 1030. The SMILES string of the molecule is BN1C2C=C(c3cc(N(COCC[Si](C)(C)C)COCC[Si](C)(C)C)n4nccc4n3)CC1CSC2. The van der Waals surface area contributed by atoms with Crippen molar-refractivity contribution in [2.45, 2.75) is 69.9 Å². The molecule has 0 N–H and O–H groups in total. The summed E-state index contributed by atoms with van der Waals surface area (Å²) in [5.74, 6) is 3.33. The van der Waals surface area contributed by atoms with Gasteiger partial charge in [0.2, 0.25) is 0 Å². The lowest BCUT2D eigenvalue weighted by molar-refractivity contribution is 0.0942. The van der Waals surface area contributed by atoms with Gasteiger partial charge in [0, 0.05) is 65.1 Å². The summed E-state index contributed by atoms with van der Waals surface area (Å²) in [5.41, 5.74) is 3.28. The maximum atomic E-state index is 6.21. The molecule has 2 aromatic heterocycles. The Morgan fingerprint density at radius 2 is 1.72 bits per heavy atom. The molecule has 4 rings (SSSR count). The van der Waals surface area contributed by atoms with Crippen LogP contribution in [-0.2, 0) is 9.47 Å². The minimum Gasteiger partial charge on any atom is -0.361 e. The van der Waals surface area contributed by atoms with Crippen molar-refractivity contribution in [3.05, 3.63) is 30.1 Å². The standard InChI is InChI=1S/C25H44BN5O2SSi2/c1-35(2,3)11-9-32-18-29(19-33-10-12-36(4,5)6)25-15-23(28-24-7-8-27-31(24)25)20-13-21-16-34-17-22(14-20)30(21)26/h7-8,13,15,21-22H,9-12,14,16-19,26H2,1-6H3. The van der Waals surface area contributed by atoms with Gasteiger partial charge < -0.3 is 19.2 Å². The Morgan fingerprint density at radius 1 is 1.06 bits per heavy atom. The average Bonchev–Trinajstić information content (AvgIpc) is 3.25. The molecule has 2 atom stereocenters. The fraction of sp³-hybridized carbons (Fsp3) is 0.680. The van der Waals surface area contributed by atoms with E-state index >= 15 is 0 Å². The molecule has 198 valence electrons. The summed E-state index contributed by atoms with van der Waals surface area (Å²) in [4.78, 5) is 9.74. The largest absolute Gasteiger partial charge is 0.361 e. The minimum absolute atomic E-state index is 0.481. The first-order valence-electron chi connectivity index (χ1n) is 13.3. The van der Waals surface area contributed by atoms with Crippen molar-refractivity contribution in [2.75, 3.05) is 43.1 Å². The third-order valence-electron chi connectivity index (χ3n) is 7.03. The molecular weight excluding hydrogens is 501 g/mol. The van der Waals surface area contributed by atoms with Gasteiger partial charge in [-0.1, -0.05) is 45.4 Å². The van der Waals surface area contributed by atoms with Crippen molar-refractivity contribution in [2.24, 2.45) is 0 Å². The van der Waals surface area contributed by atoms with Gasteiger partial charge in [-0.2, -0.15) is 21.4 Å². The first-order valence-corrected chi connectivity index (χ1v) is 21.8. The molecule has 2 bridgehead atoms. The van der Waals surface area contributed by atoms with E-state index in [0.29, 0.717) is 25.5 Å². The summed E-state index contributed by atoms with van der Waals surface area (Å²) < 4.78 is 14.4. The molecule has 1 fully saturated rings. The highest BCUT2D eigenvalue weighted by Crippen LogP contribution is 2.35. The van der Waals surface area contributed by atoms with Gasteiger partial charge >= 0.3 is 0 Å². The van der Waals surface area contributed by atoms with Gasteiger partial charge in [-0.3, -0.25) is 0 Å². The molecule has 0 radical (unpaired) electrons. The van der Waals surface area contributed by atoms with Crippen molar-refractivity contribution < 1.29 is 9.47 Å². The number of fused-ring (bicyclic) bond motifs is 3. The normalized spacial score (nSPS) is 21.1. The predicted molar refractivity (Wildman–Crippen MR) is 161 cm³/mol. The molecule has 0 saturated carbocycles. The van der Waals surface area contributed by atoms with Crippen LogP contribution in [0.5, 0.6) is 0 Å². The number of rotatable bonds is 12. The number of aromatic nitrogens is 3. The number of nitrogens with zero attached hydrogens (tertiary/aromatic N) is 5. The van der Waals surface area contributed by atoms with Crippen LogP contribution >= 0.6 is 11.8 Å². The minimum atomic E-state index is -1.15. The quantitative estimate of drug-likeness (QED) is 0.224. The first-order chi connectivity index (χ1) is 17.0. The molecule has 7 nitrogen and oxygen atoms in total. The van der Waals surface area contributed by atoms with Crippen LogP contribution in [-0.4, -0.2) is 93.8 Å². The van der Waals surface area contributed by atoms with Gasteiger partial charge in [0.1, 0.15) is 19.3 Å². The smallest absolute Gasteiger partial charge is 0.186 e. The number of hydrogen-bond donors (Lipinski definition) is 0. The number of anilines is 1. The van der Waals surface area contributed by atoms with Gasteiger partial charge in [0.05, 0.1) is 11.9 Å². The van der Waals surface area contributed by atoms with Crippen LogP contribution in [0.25, 0.3) is 11.2 Å². The second kappa shape index (κ2) is 11.7. The fourth-order valence-electron chi connectivity index (χ4n) is 4.51. The molecule has 36 heavy (non-hydrogen) atoms. The summed E-state index contributed by atoms with van der Waals surface area (Å²) in [6.45, 7) is 16.9. The maximum Gasteiger partial charge on any atom is 0.186 e. The Labute approximate surface area is 224 Å². The second-order valence-corrected chi connectivity index (χ2v) is 25.0. The molecule has 0 aliphatic carbocycles. The molecular formula is C25H44BN5O2SSi2. The maximum absolute atomic E-state index is 6.21. The highest BCUT2D eigenvalue weighted by Gasteiger charge is 2.32. The summed E-state index contributed by atoms with van der Waals surface area (Å²) in [6.07, 6.45) is 5.30. The molecule has 2 aromatic rings. The Hall–Kier alpha value is -1.11. The lowest BCUT2D eigenvalue weighted by Crippen LogP contribution is -2.49. The van der Waals surface area contributed by atoms with Gasteiger partial charge in [-0.05, 0) is 24.1 Å². The van der Waals surface area contributed by atoms with Crippen LogP contribution in [0.2, 0.25) is 51.4 Å². The molecule has 2 aliphatic heterocycles. The molecule has 0 spiro atoms. The monoisotopic (exact) mass is 545 g/mol. The third-order valence-corrected chi connectivity index (χ3v) is 11.6. The number of thioether (sulfide) groups is 1. The molecule has 2 unspecified atom stereocenters. The second-order valence-electron chi connectivity index (χ2n) is 12.7. The van der Waals surface area contributed by atoms with Crippen molar-refractivity contribution in [1.29, 1.82) is 0 Å².